The van der Waals surface area contributed by atoms with E-state index >= 15 is 0 Å². The van der Waals surface area contributed by atoms with Crippen molar-refractivity contribution in [2.45, 2.75) is 47.4 Å². The van der Waals surface area contributed by atoms with Crippen LogP contribution in [-0.2, 0) is 6.23 Å². The molecule has 4 atom stereocenters. The molecule has 10 aliphatic heterocycles. The minimum absolute atomic E-state index is 0.319. The molecule has 0 aliphatic carbocycles. The molecular weight excluding hydrogens is 529 g/mol. The van der Waals surface area contributed by atoms with Crippen molar-refractivity contribution >= 4 is 37.1 Å². The molecule has 4 aromatic carbocycles. The molecule has 4 unspecified atom stereocenters. The molecule has 0 bridgehead atoms. The first-order valence-corrected chi connectivity index (χ1v) is 22.2. The van der Waals surface area contributed by atoms with Crippen LogP contribution >= 0.6 is 15.8 Å². The predicted octanol–water partition coefficient (Wildman–Crippen LogP) is 7.46. The van der Waals surface area contributed by atoms with Gasteiger partial charge in [-0.25, -0.2) is 0 Å². The zero-order valence-corrected chi connectivity index (χ0v) is 23.2. The first kappa shape index (κ1) is 17.7. The van der Waals surface area contributed by atoms with Gasteiger partial charge in [-0.3, -0.25) is 0 Å². The van der Waals surface area contributed by atoms with Crippen molar-refractivity contribution in [3.05, 3.63) is 121 Å². The molecule has 10 heterocycles. The molecule has 10 saturated heterocycles. The molecule has 10 fully saturated rings. The molecule has 4 aromatic rings. The van der Waals surface area contributed by atoms with E-state index in [1.54, 1.807) is 21.2 Å². The molecule has 0 aromatic heterocycles. The molecule has 184 valence electrons. The Bertz CT molecular complexity index is 1900. The van der Waals surface area contributed by atoms with Crippen LogP contribution in [0, 0.1) is 0 Å². The van der Waals surface area contributed by atoms with E-state index in [9.17, 15) is 0 Å². The predicted molar refractivity (Wildman–Crippen MR) is 154 cm³/mol. The third-order valence-corrected chi connectivity index (χ3v) is 69.4. The van der Waals surface area contributed by atoms with Gasteiger partial charge in [0.2, 0.25) is 0 Å². The molecular formula is C34H28NiP2. The van der Waals surface area contributed by atoms with Crippen molar-refractivity contribution in [1.82, 2.24) is 0 Å². The minimum atomic E-state index is -3.59. The Labute approximate surface area is 211 Å². The molecule has 10 aliphatic rings. The van der Waals surface area contributed by atoms with Crippen molar-refractivity contribution in [3.8, 4) is 0 Å². The van der Waals surface area contributed by atoms with Crippen molar-refractivity contribution < 1.29 is 6.23 Å². The zero-order valence-electron chi connectivity index (χ0n) is 20.4. The van der Waals surface area contributed by atoms with Gasteiger partial charge in [-0.15, -0.1) is 0 Å². The number of fused-ring (bicyclic) bond motifs is 10. The summed E-state index contributed by atoms with van der Waals surface area (Å²) in [6.07, 6.45) is -3.59. The average Bonchev–Trinajstić information content (AvgIpc) is 3.92. The standard InChI is InChI=1S/C29H23P2.C5H5.Ni/c1-5-14-24(15-6-1)30(25-16-7-2-8-17-25)28-22-13-23-29(28)31(26-18-9-3-10-19-26)27-20-11-4-12-21-27;1-2-4-5-3-1;/h1-23H;1-5H;. The molecule has 0 saturated carbocycles. The van der Waals surface area contributed by atoms with Crippen LogP contribution in [0.2, 0.25) is 39.1 Å². The first-order valence-electron chi connectivity index (χ1n) is 13.9. The maximum absolute atomic E-state index is 3.59. The average molecular weight is 557 g/mol. The number of hydrogen-bond donors (Lipinski definition) is 0. The van der Waals surface area contributed by atoms with E-state index in [0.717, 1.165) is 8.25 Å². The number of benzene rings is 4. The van der Waals surface area contributed by atoms with E-state index in [0.29, 0.717) is 0 Å². The summed E-state index contributed by atoms with van der Waals surface area (Å²) in [5.41, 5.74) is 0. The third kappa shape index (κ3) is 0.437. The van der Waals surface area contributed by atoms with Gasteiger partial charge in [-0.1, -0.05) is 0 Å². The van der Waals surface area contributed by atoms with Gasteiger partial charge < -0.3 is 0 Å². The van der Waals surface area contributed by atoms with Gasteiger partial charge in [0.25, 0.3) is 0 Å². The van der Waals surface area contributed by atoms with E-state index in [1.165, 1.54) is 39.1 Å². The summed E-state index contributed by atoms with van der Waals surface area (Å²) in [6, 6.07) is 48.1. The second kappa shape index (κ2) is 2.75. The van der Waals surface area contributed by atoms with Crippen molar-refractivity contribution in [2.24, 2.45) is 0 Å². The van der Waals surface area contributed by atoms with Gasteiger partial charge in [-0.05, 0) is 0 Å². The molecule has 0 amide bonds. The van der Waals surface area contributed by atoms with Gasteiger partial charge in [0.15, 0.2) is 0 Å². The Morgan fingerprint density at radius 2 is 0.649 bits per heavy atom. The quantitative estimate of drug-likeness (QED) is 0.171. The van der Waals surface area contributed by atoms with Gasteiger partial charge in [0.1, 0.15) is 0 Å². The van der Waals surface area contributed by atoms with Gasteiger partial charge in [0.05, 0.1) is 0 Å². The van der Waals surface area contributed by atoms with Crippen LogP contribution in [0.3, 0.4) is 0 Å². The topological polar surface area (TPSA) is 0 Å². The van der Waals surface area contributed by atoms with Gasteiger partial charge in [-0.2, -0.15) is 0 Å². The Morgan fingerprint density at radius 1 is 0.378 bits per heavy atom. The van der Waals surface area contributed by atoms with Crippen LogP contribution in [0.25, 0.3) is 0 Å². The van der Waals surface area contributed by atoms with Crippen molar-refractivity contribution in [1.29, 1.82) is 0 Å². The van der Waals surface area contributed by atoms with E-state index in [1.807, 2.05) is 0 Å². The van der Waals surface area contributed by atoms with Crippen LogP contribution in [0.4, 0.5) is 0 Å². The third-order valence-electron chi connectivity index (χ3n) is 18.0. The van der Waals surface area contributed by atoms with E-state index in [-0.39, 0.29) is 15.8 Å². The summed E-state index contributed by atoms with van der Waals surface area (Å²) in [5.74, 6) is 0. The fourth-order valence-corrected chi connectivity index (χ4v) is 111. The van der Waals surface area contributed by atoms with Gasteiger partial charge >= 0.3 is 212 Å². The van der Waals surface area contributed by atoms with E-state index in [2.05, 4.69) is 121 Å². The fourth-order valence-electron chi connectivity index (χ4n) is 19.0. The molecule has 3 heteroatoms. The Hall–Kier alpha value is -1.77. The molecule has 37 heavy (non-hydrogen) atoms. The van der Waals surface area contributed by atoms with Crippen LogP contribution in [0.1, 0.15) is 0 Å². The summed E-state index contributed by atoms with van der Waals surface area (Å²) in [4.78, 5) is 10.1. The number of hydrogen-bond acceptors (Lipinski definition) is 0. The normalized spacial score (nSPS) is 63.1. The summed E-state index contributed by atoms with van der Waals surface area (Å²) in [6.45, 7) is 0. The molecule has 0 nitrogen and oxygen atoms in total. The van der Waals surface area contributed by atoms with Crippen LogP contribution < -0.4 is 21.2 Å². The van der Waals surface area contributed by atoms with Crippen molar-refractivity contribution in [2.75, 3.05) is 0 Å². The van der Waals surface area contributed by atoms with E-state index in [4.69, 9.17) is 0 Å². The molecule has 0 radical (unpaired) electrons. The second-order valence-electron chi connectivity index (χ2n) is 14.9. The second-order valence-corrected chi connectivity index (χ2v) is 41.2. The van der Waals surface area contributed by atoms with Crippen LogP contribution in [-0.4, -0.2) is 8.25 Å². The monoisotopic (exact) mass is 556 g/mol. The Balaban J connectivity index is 1.17. The van der Waals surface area contributed by atoms with E-state index < -0.39 is 6.23 Å². The number of rotatable bonds is 6. The Morgan fingerprint density at radius 3 is 0.865 bits per heavy atom. The SMILES string of the molecule is c1ccc(P(c2ccccc2)[C]23[CH]4[CH]5[CH]6[C]2(P(c2ccccc2)c2ccccc2)[Ni]54632789[CH]3[CH]2[CH]7[CH]8[CH]39)cc1. The Kier molecular flexibility index (Phi) is 1.32. The van der Waals surface area contributed by atoms with Crippen LogP contribution in [0.15, 0.2) is 121 Å². The molecule has 0 N–H and O–H groups in total. The fraction of sp³-hybridized carbons (Fsp3) is 0.294. The van der Waals surface area contributed by atoms with Gasteiger partial charge in [0, 0.05) is 0 Å². The maximum atomic E-state index is 2.55. The first-order chi connectivity index (χ1) is 18.1. The zero-order chi connectivity index (χ0) is 23.5. The summed E-state index contributed by atoms with van der Waals surface area (Å²) in [7, 11) is -0.639. The van der Waals surface area contributed by atoms with Crippen molar-refractivity contribution in [3.63, 3.8) is 0 Å². The summed E-state index contributed by atoms with van der Waals surface area (Å²) < 4.78 is 1.45. The summed E-state index contributed by atoms with van der Waals surface area (Å²) in [5, 5.41) is 6.85. The summed E-state index contributed by atoms with van der Waals surface area (Å²) >= 11 is 0. The molecule has 1 spiro atoms. The van der Waals surface area contributed by atoms with Crippen LogP contribution in [0.5, 0.6) is 0 Å². The molecule has 14 rings (SSSR count).